The van der Waals surface area contributed by atoms with E-state index in [1.165, 1.54) is 6.07 Å². The van der Waals surface area contributed by atoms with E-state index in [2.05, 4.69) is 15.0 Å². The average molecular weight is 403 g/mol. The summed E-state index contributed by atoms with van der Waals surface area (Å²) in [7, 11) is 0. The van der Waals surface area contributed by atoms with Crippen molar-refractivity contribution in [3.63, 3.8) is 0 Å². The van der Waals surface area contributed by atoms with Crippen molar-refractivity contribution in [2.45, 2.75) is 6.54 Å². The molecule has 2 heterocycles. The molecule has 30 heavy (non-hydrogen) atoms. The maximum Gasteiger partial charge on any atom is 0.175 e. The molecule has 1 aliphatic rings. The van der Waals surface area contributed by atoms with Crippen LogP contribution in [0.3, 0.4) is 0 Å². The number of halogens is 1. The largest absolute Gasteiger partial charge is 0.507 e. The van der Waals surface area contributed by atoms with Gasteiger partial charge in [-0.25, -0.2) is 4.39 Å². The van der Waals surface area contributed by atoms with Gasteiger partial charge in [-0.05, 0) is 24.3 Å². The van der Waals surface area contributed by atoms with Gasteiger partial charge < -0.3 is 14.5 Å². The molecule has 5 nitrogen and oxygen atoms in total. The second-order valence-corrected chi connectivity index (χ2v) is 7.55. The number of nitrogens with zero attached hydrogens (tertiary/aromatic N) is 3. The Morgan fingerprint density at radius 2 is 1.63 bits per heavy atom. The monoisotopic (exact) mass is 403 g/mol. The van der Waals surface area contributed by atoms with Crippen molar-refractivity contribution in [1.82, 2.24) is 10.1 Å². The van der Waals surface area contributed by atoms with Gasteiger partial charge in [-0.3, -0.25) is 4.90 Å². The topological polar surface area (TPSA) is 52.7 Å². The number of phenols is 1. The molecule has 152 valence electrons. The molecule has 1 fully saturated rings. The van der Waals surface area contributed by atoms with Crippen molar-refractivity contribution in [3.05, 3.63) is 78.1 Å². The van der Waals surface area contributed by atoms with Gasteiger partial charge in [0.05, 0.1) is 16.6 Å². The molecule has 0 saturated carbocycles. The van der Waals surface area contributed by atoms with Crippen LogP contribution < -0.4 is 4.90 Å². The summed E-state index contributed by atoms with van der Waals surface area (Å²) in [6.07, 6.45) is 0. The molecule has 1 N–H and O–H groups in total. The maximum absolute atomic E-state index is 14.1. The van der Waals surface area contributed by atoms with Gasteiger partial charge >= 0.3 is 0 Å². The minimum atomic E-state index is -0.191. The van der Waals surface area contributed by atoms with Gasteiger partial charge in [0.15, 0.2) is 5.58 Å². The van der Waals surface area contributed by atoms with Gasteiger partial charge in [0.1, 0.15) is 17.3 Å². The molecule has 0 bridgehead atoms. The zero-order valence-electron chi connectivity index (χ0n) is 16.5. The minimum absolute atomic E-state index is 0.191. The van der Waals surface area contributed by atoms with Crippen LogP contribution in [0, 0.1) is 5.82 Å². The predicted molar refractivity (Wildman–Crippen MR) is 115 cm³/mol. The maximum atomic E-state index is 14.1. The number of fused-ring (bicyclic) bond motifs is 1. The van der Waals surface area contributed by atoms with Crippen LogP contribution >= 0.6 is 0 Å². The Kier molecular flexibility index (Phi) is 4.85. The highest BCUT2D eigenvalue weighted by atomic mass is 19.1. The van der Waals surface area contributed by atoms with E-state index in [9.17, 15) is 9.50 Å². The number of phenolic OH excluding ortho intramolecular Hbond substituents is 1. The molecule has 0 spiro atoms. The van der Waals surface area contributed by atoms with Crippen LogP contribution in [-0.2, 0) is 6.54 Å². The molecule has 0 amide bonds. The van der Waals surface area contributed by atoms with Gasteiger partial charge in [0.25, 0.3) is 0 Å². The quantitative estimate of drug-likeness (QED) is 0.537. The van der Waals surface area contributed by atoms with E-state index in [0.29, 0.717) is 17.8 Å². The van der Waals surface area contributed by atoms with Crippen LogP contribution in [0.5, 0.6) is 5.75 Å². The summed E-state index contributed by atoms with van der Waals surface area (Å²) in [5.41, 5.74) is 3.75. The lowest BCUT2D eigenvalue weighted by Crippen LogP contribution is -2.46. The number of aromatic nitrogens is 1. The Labute approximate surface area is 173 Å². The third-order valence-electron chi connectivity index (χ3n) is 5.71. The van der Waals surface area contributed by atoms with Crippen molar-refractivity contribution in [3.8, 4) is 17.0 Å². The summed E-state index contributed by atoms with van der Waals surface area (Å²) < 4.78 is 19.7. The van der Waals surface area contributed by atoms with Crippen molar-refractivity contribution in [1.29, 1.82) is 0 Å². The lowest BCUT2D eigenvalue weighted by atomic mass is 10.0. The van der Waals surface area contributed by atoms with E-state index >= 15 is 0 Å². The third kappa shape index (κ3) is 3.39. The Morgan fingerprint density at radius 3 is 2.40 bits per heavy atom. The molecule has 1 aliphatic heterocycles. The van der Waals surface area contributed by atoms with Crippen LogP contribution in [0.25, 0.3) is 22.2 Å². The number of hydrogen-bond donors (Lipinski definition) is 1. The van der Waals surface area contributed by atoms with Crippen molar-refractivity contribution in [2.24, 2.45) is 0 Å². The summed E-state index contributed by atoms with van der Waals surface area (Å²) in [5, 5.41) is 15.7. The van der Waals surface area contributed by atoms with Crippen LogP contribution in [-0.4, -0.2) is 41.3 Å². The van der Waals surface area contributed by atoms with Gasteiger partial charge in [-0.2, -0.15) is 0 Å². The fraction of sp³-hybridized carbons (Fsp3) is 0.208. The van der Waals surface area contributed by atoms with Crippen molar-refractivity contribution < 1.29 is 14.0 Å². The lowest BCUT2D eigenvalue weighted by Gasteiger charge is -2.36. The normalized spacial score (nSPS) is 15.0. The summed E-state index contributed by atoms with van der Waals surface area (Å²) in [5.74, 6) is 0.0123. The van der Waals surface area contributed by atoms with E-state index in [1.54, 1.807) is 12.1 Å². The summed E-state index contributed by atoms with van der Waals surface area (Å²) >= 11 is 0. The zero-order chi connectivity index (χ0) is 20.5. The van der Waals surface area contributed by atoms with E-state index in [1.807, 2.05) is 48.5 Å². The molecule has 4 aromatic rings. The number of para-hydroxylation sites is 1. The number of anilines is 1. The predicted octanol–water partition coefficient (Wildman–Crippen LogP) is 4.66. The number of rotatable bonds is 4. The lowest BCUT2D eigenvalue weighted by molar-refractivity contribution is 0.245. The Bertz CT molecular complexity index is 1170. The first-order valence-electron chi connectivity index (χ1n) is 10.1. The van der Waals surface area contributed by atoms with Crippen molar-refractivity contribution >= 4 is 16.7 Å². The molecular formula is C24H22FN3O2. The number of benzene rings is 3. The summed E-state index contributed by atoms with van der Waals surface area (Å²) in [6.45, 7) is 3.54. The zero-order valence-corrected chi connectivity index (χ0v) is 16.5. The van der Waals surface area contributed by atoms with E-state index in [0.717, 1.165) is 48.4 Å². The highest BCUT2D eigenvalue weighted by Crippen LogP contribution is 2.35. The first-order chi connectivity index (χ1) is 14.7. The molecule has 5 rings (SSSR count). The van der Waals surface area contributed by atoms with Gasteiger partial charge in [-0.15, -0.1) is 0 Å². The van der Waals surface area contributed by atoms with Crippen LogP contribution in [0.2, 0.25) is 0 Å². The number of aromatic hydroxyl groups is 1. The second kappa shape index (κ2) is 7.80. The molecule has 0 atom stereocenters. The highest BCUT2D eigenvalue weighted by Gasteiger charge is 2.23. The Balaban J connectivity index is 1.37. The van der Waals surface area contributed by atoms with Crippen molar-refractivity contribution in [2.75, 3.05) is 31.1 Å². The first-order valence-corrected chi connectivity index (χ1v) is 10.1. The first kappa shape index (κ1) is 18.6. The SMILES string of the molecule is Oc1ccc2c(-c3ccccc3)noc2c1CN1CCN(c2ccccc2F)CC1. The standard InChI is InChI=1S/C24H22FN3O2/c25-20-8-4-5-9-21(20)28-14-12-27(13-15-28)16-19-22(29)11-10-18-23(26-30-24(18)19)17-6-2-1-3-7-17/h1-11,29H,12-16H2. The fourth-order valence-corrected chi connectivity index (χ4v) is 4.08. The van der Waals surface area contributed by atoms with Gasteiger partial charge in [-0.1, -0.05) is 47.6 Å². The third-order valence-corrected chi connectivity index (χ3v) is 5.71. The van der Waals surface area contributed by atoms with E-state index < -0.39 is 0 Å². The average Bonchev–Trinajstić information content (AvgIpc) is 3.22. The fourth-order valence-electron chi connectivity index (χ4n) is 4.08. The molecule has 0 radical (unpaired) electrons. The molecule has 0 unspecified atom stereocenters. The second-order valence-electron chi connectivity index (χ2n) is 7.55. The molecule has 1 aromatic heterocycles. The molecular weight excluding hydrogens is 381 g/mol. The van der Waals surface area contributed by atoms with Gasteiger partial charge in [0, 0.05) is 38.3 Å². The summed E-state index contributed by atoms with van der Waals surface area (Å²) in [4.78, 5) is 4.31. The van der Waals surface area contributed by atoms with Crippen LogP contribution in [0.1, 0.15) is 5.56 Å². The molecule has 6 heteroatoms. The minimum Gasteiger partial charge on any atom is -0.507 e. The molecule has 0 aliphatic carbocycles. The van der Waals surface area contributed by atoms with Crippen LogP contribution in [0.4, 0.5) is 10.1 Å². The number of piperazine rings is 1. The van der Waals surface area contributed by atoms with E-state index in [-0.39, 0.29) is 11.6 Å². The molecule has 1 saturated heterocycles. The highest BCUT2D eigenvalue weighted by molar-refractivity contribution is 5.94. The smallest absolute Gasteiger partial charge is 0.175 e. The summed E-state index contributed by atoms with van der Waals surface area (Å²) in [6, 6.07) is 20.3. The number of hydrogen-bond acceptors (Lipinski definition) is 5. The Morgan fingerprint density at radius 1 is 0.900 bits per heavy atom. The Hall–Kier alpha value is -3.38. The van der Waals surface area contributed by atoms with Crippen LogP contribution in [0.15, 0.2) is 71.3 Å². The van der Waals surface area contributed by atoms with Gasteiger partial charge in [0.2, 0.25) is 0 Å². The molecule has 3 aromatic carbocycles. The van der Waals surface area contributed by atoms with E-state index in [4.69, 9.17) is 4.52 Å².